The Morgan fingerprint density at radius 3 is 2.70 bits per heavy atom. The first-order chi connectivity index (χ1) is 4.70. The summed E-state index contributed by atoms with van der Waals surface area (Å²) in [6.45, 7) is 2.27. The molecule has 2 unspecified atom stereocenters. The van der Waals surface area contributed by atoms with E-state index in [4.69, 9.17) is 10.6 Å². The Morgan fingerprint density at radius 2 is 2.40 bits per heavy atom. The van der Waals surface area contributed by atoms with Crippen LogP contribution < -0.4 is 5.73 Å². The Balaban J connectivity index is 3.49. The molecule has 10 heavy (non-hydrogen) atoms. The van der Waals surface area contributed by atoms with Crippen molar-refractivity contribution in [2.45, 2.75) is 25.9 Å². The minimum Gasteiger partial charge on any atom is -0.328 e. The maximum atomic E-state index is 10.1. The van der Waals surface area contributed by atoms with Gasteiger partial charge in [0.05, 0.1) is 0 Å². The highest BCUT2D eigenvalue weighted by molar-refractivity contribution is 7.32. The Labute approximate surface area is 61.3 Å². The van der Waals surface area contributed by atoms with E-state index < -0.39 is 8.25 Å². The molecule has 0 aromatic heterocycles. The van der Waals surface area contributed by atoms with Gasteiger partial charge < -0.3 is 5.73 Å². The molecule has 4 nitrogen and oxygen atoms in total. The average molecular weight is 166 g/mol. The Kier molecular flexibility index (Phi) is 5.73. The average Bonchev–Trinajstić information content (AvgIpc) is 1.86. The molecule has 0 saturated carbocycles. The van der Waals surface area contributed by atoms with Gasteiger partial charge in [0.2, 0.25) is 0 Å². The summed E-state index contributed by atoms with van der Waals surface area (Å²) in [5, 5.41) is 0. The van der Waals surface area contributed by atoms with Crippen molar-refractivity contribution in [1.29, 1.82) is 0 Å². The fourth-order valence-corrected chi connectivity index (χ4v) is 1.11. The van der Waals surface area contributed by atoms with Crippen LogP contribution in [0.3, 0.4) is 0 Å². The Morgan fingerprint density at radius 1 is 1.80 bits per heavy atom. The fourth-order valence-electron chi connectivity index (χ4n) is 0.663. The molecule has 0 rings (SSSR count). The van der Waals surface area contributed by atoms with E-state index in [1.807, 2.05) is 6.92 Å². The monoisotopic (exact) mass is 166 g/mol. The molecule has 5 heteroatoms. The van der Waals surface area contributed by atoms with Gasteiger partial charge in [0.25, 0.3) is 0 Å². The van der Waals surface area contributed by atoms with Crippen LogP contribution in [-0.2, 0) is 9.09 Å². The Hall–Kier alpha value is -0.0200. The molecule has 0 aromatic carbocycles. The third-order valence-corrected chi connectivity index (χ3v) is 1.59. The lowest BCUT2D eigenvalue weighted by molar-refractivity contribution is 0.185. The zero-order chi connectivity index (χ0) is 7.98. The molecule has 0 aliphatic rings. The van der Waals surface area contributed by atoms with E-state index in [0.29, 0.717) is 6.54 Å². The van der Waals surface area contributed by atoms with Crippen molar-refractivity contribution in [2.75, 3.05) is 6.54 Å². The SMILES string of the molecule is CCCC(CN)O[P+](=O)O. The van der Waals surface area contributed by atoms with E-state index in [9.17, 15) is 4.57 Å². The van der Waals surface area contributed by atoms with Crippen LogP contribution in [0.1, 0.15) is 19.8 Å². The molecule has 2 atom stereocenters. The number of hydrogen-bond acceptors (Lipinski definition) is 3. The molecule has 0 saturated heterocycles. The van der Waals surface area contributed by atoms with Crippen molar-refractivity contribution >= 4 is 8.25 Å². The summed E-state index contributed by atoms with van der Waals surface area (Å²) in [6.07, 6.45) is 1.38. The molecule has 60 valence electrons. The van der Waals surface area contributed by atoms with Crippen LogP contribution in [0, 0.1) is 0 Å². The van der Waals surface area contributed by atoms with Gasteiger partial charge in [-0.05, 0) is 6.42 Å². The van der Waals surface area contributed by atoms with Gasteiger partial charge >= 0.3 is 8.25 Å². The zero-order valence-electron chi connectivity index (χ0n) is 5.99. The summed E-state index contributed by atoms with van der Waals surface area (Å²) in [7, 11) is -2.49. The highest BCUT2D eigenvalue weighted by Crippen LogP contribution is 2.19. The molecule has 0 bridgehead atoms. The molecule has 0 spiro atoms. The first kappa shape index (κ1) is 9.98. The molecular formula is C5H13NO3P+. The molecular weight excluding hydrogens is 153 g/mol. The predicted octanol–water partition coefficient (Wildman–Crippen LogP) is 0.780. The van der Waals surface area contributed by atoms with E-state index in [1.54, 1.807) is 0 Å². The van der Waals surface area contributed by atoms with Gasteiger partial charge in [-0.1, -0.05) is 13.3 Å². The van der Waals surface area contributed by atoms with Gasteiger partial charge in [0.1, 0.15) is 6.10 Å². The third-order valence-electron chi connectivity index (χ3n) is 1.11. The first-order valence-corrected chi connectivity index (χ1v) is 4.36. The van der Waals surface area contributed by atoms with Crippen LogP contribution in [-0.4, -0.2) is 17.5 Å². The van der Waals surface area contributed by atoms with E-state index >= 15 is 0 Å². The summed E-state index contributed by atoms with van der Waals surface area (Å²) < 4.78 is 14.7. The lowest BCUT2D eigenvalue weighted by Crippen LogP contribution is -2.20. The van der Waals surface area contributed by atoms with Gasteiger partial charge in [-0.3, -0.25) is 0 Å². The van der Waals surface area contributed by atoms with Crippen LogP contribution in [0.4, 0.5) is 0 Å². The summed E-state index contributed by atoms with van der Waals surface area (Å²) in [6, 6.07) is 0. The topological polar surface area (TPSA) is 72.5 Å². The van der Waals surface area contributed by atoms with Crippen LogP contribution in [0.5, 0.6) is 0 Å². The molecule has 0 heterocycles. The van der Waals surface area contributed by atoms with Crippen LogP contribution in [0.25, 0.3) is 0 Å². The van der Waals surface area contributed by atoms with E-state index in [2.05, 4.69) is 4.52 Å². The quantitative estimate of drug-likeness (QED) is 0.592. The third kappa shape index (κ3) is 4.82. The van der Waals surface area contributed by atoms with Gasteiger partial charge in [-0.15, -0.1) is 9.42 Å². The van der Waals surface area contributed by atoms with Gasteiger partial charge in [-0.25, -0.2) is 0 Å². The normalized spacial score (nSPS) is 14.9. The summed E-state index contributed by atoms with van der Waals surface area (Å²) >= 11 is 0. The van der Waals surface area contributed by atoms with Crippen molar-refractivity contribution in [2.24, 2.45) is 5.73 Å². The van der Waals surface area contributed by atoms with E-state index in [1.165, 1.54) is 0 Å². The predicted molar refractivity (Wildman–Crippen MR) is 38.7 cm³/mol. The highest BCUT2D eigenvalue weighted by Gasteiger charge is 2.20. The summed E-state index contributed by atoms with van der Waals surface area (Å²) in [5.41, 5.74) is 5.24. The molecule has 0 aliphatic carbocycles. The van der Waals surface area contributed by atoms with Crippen LogP contribution >= 0.6 is 8.25 Å². The first-order valence-electron chi connectivity index (χ1n) is 3.23. The molecule has 3 N–H and O–H groups in total. The minimum absolute atomic E-state index is 0.265. The maximum Gasteiger partial charge on any atom is 0.695 e. The van der Waals surface area contributed by atoms with Gasteiger partial charge in [0, 0.05) is 11.1 Å². The number of hydrogen-bond donors (Lipinski definition) is 2. The maximum absolute atomic E-state index is 10.1. The van der Waals surface area contributed by atoms with Crippen molar-refractivity contribution in [3.05, 3.63) is 0 Å². The fraction of sp³-hybridized carbons (Fsp3) is 1.00. The van der Waals surface area contributed by atoms with Crippen molar-refractivity contribution < 1.29 is 14.0 Å². The minimum atomic E-state index is -2.49. The molecule has 0 radical (unpaired) electrons. The van der Waals surface area contributed by atoms with Gasteiger partial charge in [0.15, 0.2) is 0 Å². The smallest absolute Gasteiger partial charge is 0.328 e. The lowest BCUT2D eigenvalue weighted by Gasteiger charge is -2.03. The molecule has 0 aromatic rings. The summed E-state index contributed by atoms with van der Waals surface area (Å²) in [5.74, 6) is 0. The second-order valence-electron chi connectivity index (χ2n) is 1.99. The molecule has 0 amide bonds. The number of nitrogens with two attached hydrogens (primary N) is 1. The molecule has 0 fully saturated rings. The number of rotatable bonds is 5. The van der Waals surface area contributed by atoms with Crippen LogP contribution in [0.2, 0.25) is 0 Å². The van der Waals surface area contributed by atoms with Crippen LogP contribution in [0.15, 0.2) is 0 Å². The second kappa shape index (κ2) is 5.74. The van der Waals surface area contributed by atoms with Gasteiger partial charge in [-0.2, -0.15) is 0 Å². The summed E-state index contributed by atoms with van der Waals surface area (Å²) in [4.78, 5) is 8.31. The van der Waals surface area contributed by atoms with Crippen molar-refractivity contribution in [3.63, 3.8) is 0 Å². The largest absolute Gasteiger partial charge is 0.695 e. The second-order valence-corrected chi connectivity index (χ2v) is 2.68. The van der Waals surface area contributed by atoms with Crippen molar-refractivity contribution in [3.8, 4) is 0 Å². The zero-order valence-corrected chi connectivity index (χ0v) is 6.88. The van der Waals surface area contributed by atoms with E-state index in [-0.39, 0.29) is 6.10 Å². The Bertz CT molecular complexity index is 109. The van der Waals surface area contributed by atoms with Crippen molar-refractivity contribution in [1.82, 2.24) is 0 Å². The highest BCUT2D eigenvalue weighted by atomic mass is 31.1. The lowest BCUT2D eigenvalue weighted by atomic mass is 10.2. The molecule has 0 aliphatic heterocycles. The standard InChI is InChI=1S/C5H12NO3P/c1-2-3-5(4-6)9-10(7)8/h5H,2-4,6H2,1H3/p+1. The van der Waals surface area contributed by atoms with E-state index in [0.717, 1.165) is 12.8 Å².